The standard InChI is InChI=1S/C10H9BrF4N2O/c11-5-1-2-6(8(16)17)7(3-5)18-4-10(14,15)9(12)13/h1-3,9H,4H2,(H3,16,17). The fourth-order valence-corrected chi connectivity index (χ4v) is 1.42. The largest absolute Gasteiger partial charge is 0.486 e. The van der Waals surface area contributed by atoms with E-state index in [4.69, 9.17) is 11.1 Å². The van der Waals surface area contributed by atoms with Crippen LogP contribution >= 0.6 is 15.9 Å². The monoisotopic (exact) mass is 328 g/mol. The molecule has 100 valence electrons. The number of amidine groups is 1. The van der Waals surface area contributed by atoms with Gasteiger partial charge in [0.25, 0.3) is 0 Å². The number of hydrogen-bond donors (Lipinski definition) is 2. The number of halogens is 5. The van der Waals surface area contributed by atoms with Crippen LogP contribution in [0.15, 0.2) is 22.7 Å². The Hall–Kier alpha value is -1.31. The summed E-state index contributed by atoms with van der Waals surface area (Å²) in [6, 6.07) is 4.16. The minimum absolute atomic E-state index is 0.0586. The Morgan fingerprint density at radius 3 is 2.56 bits per heavy atom. The van der Waals surface area contributed by atoms with Crippen molar-refractivity contribution in [2.75, 3.05) is 6.61 Å². The lowest BCUT2D eigenvalue weighted by atomic mass is 10.2. The maximum atomic E-state index is 12.7. The normalized spacial score (nSPS) is 11.7. The molecule has 0 radical (unpaired) electrons. The first-order valence-corrected chi connectivity index (χ1v) is 5.46. The predicted octanol–water partition coefficient (Wildman–Crippen LogP) is 3.01. The van der Waals surface area contributed by atoms with Gasteiger partial charge in [-0.3, -0.25) is 5.41 Å². The summed E-state index contributed by atoms with van der Waals surface area (Å²) in [6.45, 7) is -1.48. The number of nitrogens with two attached hydrogens (primary N) is 1. The Morgan fingerprint density at radius 2 is 2.06 bits per heavy atom. The van der Waals surface area contributed by atoms with Crippen LogP contribution in [0.3, 0.4) is 0 Å². The highest BCUT2D eigenvalue weighted by Crippen LogP contribution is 2.27. The molecular formula is C10H9BrF4N2O. The van der Waals surface area contributed by atoms with Crippen molar-refractivity contribution in [1.29, 1.82) is 5.41 Å². The van der Waals surface area contributed by atoms with E-state index in [1.54, 1.807) is 0 Å². The van der Waals surface area contributed by atoms with Gasteiger partial charge in [-0.25, -0.2) is 8.78 Å². The SMILES string of the molecule is N=C(N)c1ccc(Br)cc1OCC(F)(F)C(F)F. The van der Waals surface area contributed by atoms with E-state index < -0.39 is 24.8 Å². The lowest BCUT2D eigenvalue weighted by molar-refractivity contribution is -0.148. The van der Waals surface area contributed by atoms with Crippen molar-refractivity contribution < 1.29 is 22.3 Å². The van der Waals surface area contributed by atoms with E-state index in [-0.39, 0.29) is 11.3 Å². The summed E-state index contributed by atoms with van der Waals surface area (Å²) in [6.07, 6.45) is -3.81. The van der Waals surface area contributed by atoms with Gasteiger partial charge in [-0.2, -0.15) is 8.78 Å². The van der Waals surface area contributed by atoms with E-state index in [0.29, 0.717) is 4.47 Å². The second-order valence-electron chi connectivity index (χ2n) is 3.40. The molecule has 1 aromatic rings. The summed E-state index contributed by atoms with van der Waals surface area (Å²) in [7, 11) is 0. The van der Waals surface area contributed by atoms with Gasteiger partial charge in [-0.05, 0) is 18.2 Å². The first kappa shape index (κ1) is 14.7. The van der Waals surface area contributed by atoms with E-state index in [1.165, 1.54) is 18.2 Å². The smallest absolute Gasteiger partial charge is 0.340 e. The second kappa shape index (κ2) is 5.55. The van der Waals surface area contributed by atoms with Crippen LogP contribution in [0.4, 0.5) is 17.6 Å². The van der Waals surface area contributed by atoms with Crippen LogP contribution in [0.2, 0.25) is 0 Å². The molecule has 1 aromatic carbocycles. The highest BCUT2D eigenvalue weighted by molar-refractivity contribution is 9.10. The fourth-order valence-electron chi connectivity index (χ4n) is 1.08. The molecule has 0 fully saturated rings. The van der Waals surface area contributed by atoms with Gasteiger partial charge < -0.3 is 10.5 Å². The van der Waals surface area contributed by atoms with Crippen molar-refractivity contribution in [2.24, 2.45) is 5.73 Å². The Bertz CT molecular complexity index is 454. The third-order valence-corrected chi connectivity index (χ3v) is 2.47. The minimum atomic E-state index is -4.25. The van der Waals surface area contributed by atoms with Gasteiger partial charge in [0.2, 0.25) is 0 Å². The van der Waals surface area contributed by atoms with Gasteiger partial charge in [-0.15, -0.1) is 0 Å². The number of alkyl halides is 4. The predicted molar refractivity (Wildman–Crippen MR) is 61.6 cm³/mol. The van der Waals surface area contributed by atoms with Crippen LogP contribution in [-0.4, -0.2) is 24.8 Å². The topological polar surface area (TPSA) is 59.1 Å². The zero-order chi connectivity index (χ0) is 13.9. The highest BCUT2D eigenvalue weighted by atomic mass is 79.9. The molecule has 0 aromatic heterocycles. The molecule has 0 unspecified atom stereocenters. The number of benzene rings is 1. The van der Waals surface area contributed by atoms with Crippen LogP contribution in [0.25, 0.3) is 0 Å². The van der Waals surface area contributed by atoms with Gasteiger partial charge in [0.1, 0.15) is 11.6 Å². The van der Waals surface area contributed by atoms with Gasteiger partial charge in [0.15, 0.2) is 6.61 Å². The van der Waals surface area contributed by atoms with Crippen molar-refractivity contribution in [2.45, 2.75) is 12.3 Å². The molecule has 0 atom stereocenters. The number of rotatable bonds is 5. The first-order chi connectivity index (χ1) is 8.24. The van der Waals surface area contributed by atoms with Gasteiger partial charge >= 0.3 is 12.3 Å². The molecular weight excluding hydrogens is 320 g/mol. The van der Waals surface area contributed by atoms with Crippen LogP contribution in [0.1, 0.15) is 5.56 Å². The molecule has 8 heteroatoms. The molecule has 1 rings (SSSR count). The molecule has 0 amide bonds. The van der Waals surface area contributed by atoms with Crippen molar-refractivity contribution in [3.63, 3.8) is 0 Å². The Balaban J connectivity index is 2.90. The van der Waals surface area contributed by atoms with Gasteiger partial charge in [0.05, 0.1) is 5.56 Å². The zero-order valence-electron chi connectivity index (χ0n) is 8.89. The number of nitrogens with one attached hydrogen (secondary N) is 1. The molecule has 3 nitrogen and oxygen atoms in total. The summed E-state index contributed by atoms with van der Waals surface area (Å²) in [4.78, 5) is 0. The van der Waals surface area contributed by atoms with Gasteiger partial charge in [0, 0.05) is 4.47 Å². The Kier molecular flexibility index (Phi) is 4.55. The fraction of sp³-hybridized carbons (Fsp3) is 0.300. The maximum absolute atomic E-state index is 12.7. The van der Waals surface area contributed by atoms with Crippen molar-refractivity contribution in [1.82, 2.24) is 0 Å². The summed E-state index contributed by atoms with van der Waals surface area (Å²) < 4.78 is 54.4. The Morgan fingerprint density at radius 1 is 1.44 bits per heavy atom. The van der Waals surface area contributed by atoms with Crippen molar-refractivity contribution in [3.05, 3.63) is 28.2 Å². The Labute approximate surface area is 109 Å². The summed E-state index contributed by atoms with van der Waals surface area (Å²) in [5, 5.41) is 7.21. The second-order valence-corrected chi connectivity index (χ2v) is 4.32. The number of ether oxygens (including phenoxy) is 1. The molecule has 0 saturated carbocycles. The lowest BCUT2D eigenvalue weighted by Crippen LogP contribution is -2.34. The third kappa shape index (κ3) is 3.59. The lowest BCUT2D eigenvalue weighted by Gasteiger charge is -2.17. The van der Waals surface area contributed by atoms with Crippen LogP contribution in [-0.2, 0) is 0 Å². The molecule has 0 spiro atoms. The number of nitrogen functional groups attached to an aromatic ring is 1. The first-order valence-electron chi connectivity index (χ1n) is 4.67. The minimum Gasteiger partial charge on any atom is -0.486 e. The molecule has 3 N–H and O–H groups in total. The average molecular weight is 329 g/mol. The van der Waals surface area contributed by atoms with E-state index in [0.717, 1.165) is 0 Å². The summed E-state index contributed by atoms with van der Waals surface area (Å²) >= 11 is 3.07. The molecule has 0 aliphatic carbocycles. The molecule has 0 aliphatic heterocycles. The molecule has 0 saturated heterocycles. The van der Waals surface area contributed by atoms with Crippen LogP contribution in [0, 0.1) is 5.41 Å². The number of hydrogen-bond acceptors (Lipinski definition) is 2. The van der Waals surface area contributed by atoms with E-state index in [1.807, 2.05) is 0 Å². The molecule has 18 heavy (non-hydrogen) atoms. The molecule has 0 bridgehead atoms. The maximum Gasteiger partial charge on any atom is 0.340 e. The van der Waals surface area contributed by atoms with Crippen molar-refractivity contribution in [3.8, 4) is 5.75 Å². The van der Waals surface area contributed by atoms with Crippen molar-refractivity contribution >= 4 is 21.8 Å². The highest BCUT2D eigenvalue weighted by Gasteiger charge is 2.41. The van der Waals surface area contributed by atoms with E-state index in [2.05, 4.69) is 20.7 Å². The summed E-state index contributed by atoms with van der Waals surface area (Å²) in [5.41, 5.74) is 5.27. The third-order valence-electron chi connectivity index (χ3n) is 1.97. The average Bonchev–Trinajstić information content (AvgIpc) is 2.26. The molecule has 0 aliphatic rings. The van der Waals surface area contributed by atoms with E-state index in [9.17, 15) is 17.6 Å². The van der Waals surface area contributed by atoms with E-state index >= 15 is 0 Å². The van der Waals surface area contributed by atoms with Gasteiger partial charge in [-0.1, -0.05) is 15.9 Å². The van der Waals surface area contributed by atoms with Crippen LogP contribution in [0.5, 0.6) is 5.75 Å². The summed E-state index contributed by atoms with van der Waals surface area (Å²) in [5.74, 6) is -4.81. The molecule has 0 heterocycles. The zero-order valence-corrected chi connectivity index (χ0v) is 10.5. The quantitative estimate of drug-likeness (QED) is 0.496. The van der Waals surface area contributed by atoms with Crippen LogP contribution < -0.4 is 10.5 Å².